The Bertz CT molecular complexity index is 1210. The number of aromatic nitrogens is 2. The van der Waals surface area contributed by atoms with Gasteiger partial charge in [-0.05, 0) is 73.1 Å². The maximum atomic E-state index is 13.4. The maximum Gasteiger partial charge on any atom is 0.230 e. The highest BCUT2D eigenvalue weighted by atomic mass is 79.9. The normalized spacial score (nSPS) is 18.4. The monoisotopic (exact) mass is 518 g/mol. The van der Waals surface area contributed by atoms with Crippen LogP contribution in [0.3, 0.4) is 0 Å². The average molecular weight is 519 g/mol. The average Bonchev–Trinajstić information content (AvgIpc) is 3.55. The smallest absolute Gasteiger partial charge is 0.230 e. The number of rotatable bonds is 7. The Balaban J connectivity index is 1.40. The molecule has 6 nitrogen and oxygen atoms in total. The number of halogens is 1. The van der Waals surface area contributed by atoms with Crippen molar-refractivity contribution in [1.29, 1.82) is 5.26 Å². The Morgan fingerprint density at radius 3 is 2.79 bits per heavy atom. The van der Waals surface area contributed by atoms with Crippen molar-refractivity contribution in [2.75, 3.05) is 13.1 Å². The lowest BCUT2D eigenvalue weighted by atomic mass is 9.93. The molecule has 2 heterocycles. The van der Waals surface area contributed by atoms with Gasteiger partial charge in [0.1, 0.15) is 17.6 Å². The predicted molar refractivity (Wildman–Crippen MR) is 133 cm³/mol. The van der Waals surface area contributed by atoms with Crippen molar-refractivity contribution >= 4 is 21.8 Å². The van der Waals surface area contributed by atoms with Gasteiger partial charge >= 0.3 is 0 Å². The van der Waals surface area contributed by atoms with Crippen molar-refractivity contribution in [3.05, 3.63) is 76.3 Å². The molecule has 2 aliphatic rings. The number of likely N-dealkylation sites (tertiary alicyclic amines) is 1. The number of benzene rings is 2. The van der Waals surface area contributed by atoms with E-state index in [2.05, 4.69) is 31.9 Å². The molecular formula is C27H27BrN4O2. The molecule has 2 aromatic carbocycles. The minimum Gasteiger partial charge on any atom is -0.456 e. The molecule has 1 atom stereocenters. The van der Waals surface area contributed by atoms with Crippen LogP contribution in [0.15, 0.2) is 59.6 Å². The molecule has 1 saturated heterocycles. The Morgan fingerprint density at radius 2 is 2.03 bits per heavy atom. The topological polar surface area (TPSA) is 71.2 Å². The van der Waals surface area contributed by atoms with Crippen LogP contribution < -0.4 is 4.74 Å². The molecule has 0 N–H and O–H groups in total. The summed E-state index contributed by atoms with van der Waals surface area (Å²) in [5.74, 6) is 1.86. The summed E-state index contributed by atoms with van der Waals surface area (Å²) >= 11 is 3.67. The van der Waals surface area contributed by atoms with Gasteiger partial charge in [-0.25, -0.2) is 4.98 Å². The van der Waals surface area contributed by atoms with E-state index in [1.165, 1.54) is 12.8 Å². The SMILES string of the molecule is N#Cc1ccc(Cn2ccnc2)cc1Oc1ccc(Br)c(C2CCCCN(CC3CC3)C2=O)c1. The van der Waals surface area contributed by atoms with Gasteiger partial charge in [0.15, 0.2) is 0 Å². The minimum absolute atomic E-state index is 0.179. The molecule has 0 bridgehead atoms. The fourth-order valence-electron chi connectivity index (χ4n) is 4.60. The fraction of sp³-hybridized carbons (Fsp3) is 0.370. The van der Waals surface area contributed by atoms with E-state index in [0.717, 1.165) is 48.0 Å². The summed E-state index contributed by atoms with van der Waals surface area (Å²) in [6, 6.07) is 13.6. The van der Waals surface area contributed by atoms with Crippen molar-refractivity contribution in [3.63, 3.8) is 0 Å². The number of nitriles is 1. The number of amides is 1. The van der Waals surface area contributed by atoms with Crippen molar-refractivity contribution < 1.29 is 9.53 Å². The lowest BCUT2D eigenvalue weighted by Gasteiger charge is -2.25. The van der Waals surface area contributed by atoms with E-state index in [0.29, 0.717) is 29.5 Å². The van der Waals surface area contributed by atoms with Gasteiger partial charge in [-0.3, -0.25) is 4.79 Å². The van der Waals surface area contributed by atoms with E-state index in [-0.39, 0.29) is 11.8 Å². The molecule has 2 fully saturated rings. The molecule has 174 valence electrons. The number of nitrogens with zero attached hydrogens (tertiary/aromatic N) is 4. The summed E-state index contributed by atoms with van der Waals surface area (Å²) in [5.41, 5.74) is 2.44. The number of carbonyl (C=O) groups excluding carboxylic acids is 1. The van der Waals surface area contributed by atoms with Crippen molar-refractivity contribution in [1.82, 2.24) is 14.5 Å². The molecule has 1 amide bonds. The van der Waals surface area contributed by atoms with Crippen LogP contribution in [-0.4, -0.2) is 33.4 Å². The number of hydrogen-bond acceptors (Lipinski definition) is 4. The lowest BCUT2D eigenvalue weighted by Crippen LogP contribution is -2.35. The van der Waals surface area contributed by atoms with Crippen LogP contribution in [0, 0.1) is 17.2 Å². The van der Waals surface area contributed by atoms with E-state index < -0.39 is 0 Å². The highest BCUT2D eigenvalue weighted by Crippen LogP contribution is 2.38. The van der Waals surface area contributed by atoms with Gasteiger partial charge in [0.25, 0.3) is 0 Å². The number of ether oxygens (including phenoxy) is 1. The second-order valence-corrected chi connectivity index (χ2v) is 10.1. The van der Waals surface area contributed by atoms with E-state index in [9.17, 15) is 10.1 Å². The van der Waals surface area contributed by atoms with Gasteiger partial charge in [-0.2, -0.15) is 5.26 Å². The van der Waals surface area contributed by atoms with Crippen LogP contribution in [0.25, 0.3) is 0 Å². The van der Waals surface area contributed by atoms with Gasteiger partial charge in [0.05, 0.1) is 17.8 Å². The second-order valence-electron chi connectivity index (χ2n) is 9.24. The van der Waals surface area contributed by atoms with Crippen LogP contribution in [0.5, 0.6) is 11.5 Å². The molecule has 1 aliphatic carbocycles. The quantitative estimate of drug-likeness (QED) is 0.392. The van der Waals surface area contributed by atoms with Gasteiger partial charge in [0.2, 0.25) is 5.91 Å². The molecule has 0 radical (unpaired) electrons. The third-order valence-corrected chi connectivity index (χ3v) is 7.34. The van der Waals surface area contributed by atoms with E-state index in [1.54, 1.807) is 18.6 Å². The van der Waals surface area contributed by atoms with Crippen LogP contribution in [0.1, 0.15) is 54.7 Å². The predicted octanol–water partition coefficient (Wildman–Crippen LogP) is 5.86. The second kappa shape index (κ2) is 10.0. The first-order valence-corrected chi connectivity index (χ1v) is 12.6. The molecule has 0 spiro atoms. The molecule has 34 heavy (non-hydrogen) atoms. The van der Waals surface area contributed by atoms with Crippen LogP contribution in [0.2, 0.25) is 0 Å². The highest BCUT2D eigenvalue weighted by Gasteiger charge is 2.33. The fourth-order valence-corrected chi connectivity index (χ4v) is 5.12. The summed E-state index contributed by atoms with van der Waals surface area (Å²) in [6.07, 6.45) is 10.8. The molecule has 1 aromatic heterocycles. The van der Waals surface area contributed by atoms with Crippen LogP contribution >= 0.6 is 15.9 Å². The molecule has 5 rings (SSSR count). The Kier molecular flexibility index (Phi) is 6.68. The largest absolute Gasteiger partial charge is 0.456 e. The Hall–Kier alpha value is -3.11. The van der Waals surface area contributed by atoms with Crippen molar-refractivity contribution in [3.8, 4) is 17.6 Å². The maximum absolute atomic E-state index is 13.4. The van der Waals surface area contributed by atoms with Crippen molar-refractivity contribution in [2.24, 2.45) is 5.92 Å². The molecule has 1 unspecified atom stereocenters. The first kappa shape index (κ1) is 22.7. The van der Waals surface area contributed by atoms with E-state index in [1.807, 2.05) is 41.1 Å². The van der Waals surface area contributed by atoms with Crippen LogP contribution in [-0.2, 0) is 11.3 Å². The first-order valence-electron chi connectivity index (χ1n) is 11.9. The zero-order valence-electron chi connectivity index (χ0n) is 19.0. The Labute approximate surface area is 208 Å². The molecule has 3 aromatic rings. The van der Waals surface area contributed by atoms with E-state index in [4.69, 9.17) is 4.74 Å². The summed E-state index contributed by atoms with van der Waals surface area (Å²) in [4.78, 5) is 19.6. The van der Waals surface area contributed by atoms with Gasteiger partial charge < -0.3 is 14.2 Å². The highest BCUT2D eigenvalue weighted by molar-refractivity contribution is 9.10. The molecule has 1 saturated carbocycles. The molecule has 7 heteroatoms. The van der Waals surface area contributed by atoms with Gasteiger partial charge in [0, 0.05) is 36.5 Å². The third kappa shape index (κ3) is 5.18. The zero-order valence-corrected chi connectivity index (χ0v) is 20.6. The third-order valence-electron chi connectivity index (χ3n) is 6.62. The van der Waals surface area contributed by atoms with Gasteiger partial charge in [-0.15, -0.1) is 0 Å². The standard InChI is InChI=1S/C27H27BrN4O2/c28-25-9-8-22(14-24(25)23-3-1-2-11-32(27(23)33)17-19-4-5-19)34-26-13-20(6-7-21(26)15-29)16-31-12-10-30-18-31/h6-10,12-14,18-19,23H,1-5,11,16-17H2. The van der Waals surface area contributed by atoms with E-state index >= 15 is 0 Å². The lowest BCUT2D eigenvalue weighted by molar-refractivity contribution is -0.132. The van der Waals surface area contributed by atoms with Crippen molar-refractivity contribution in [2.45, 2.75) is 44.6 Å². The molecular weight excluding hydrogens is 492 g/mol. The minimum atomic E-state index is -0.179. The number of hydrogen-bond donors (Lipinski definition) is 0. The number of imidazole rings is 1. The first-order chi connectivity index (χ1) is 16.6. The summed E-state index contributed by atoms with van der Waals surface area (Å²) in [5, 5.41) is 9.62. The van der Waals surface area contributed by atoms with Crippen LogP contribution in [0.4, 0.5) is 0 Å². The summed E-state index contributed by atoms with van der Waals surface area (Å²) < 4.78 is 9.11. The van der Waals surface area contributed by atoms with Gasteiger partial charge in [-0.1, -0.05) is 28.4 Å². The summed E-state index contributed by atoms with van der Waals surface area (Å²) in [7, 11) is 0. The molecule has 1 aliphatic heterocycles. The zero-order chi connectivity index (χ0) is 23.5. The number of carbonyl (C=O) groups is 1. The Morgan fingerprint density at radius 1 is 1.15 bits per heavy atom. The summed E-state index contributed by atoms with van der Waals surface area (Å²) in [6.45, 7) is 2.38.